The maximum Gasteiger partial charge on any atom is 0.335 e. The van der Waals surface area contributed by atoms with Gasteiger partial charge in [-0.05, 0) is 30.0 Å². The van der Waals surface area contributed by atoms with Crippen LogP contribution in [0.15, 0.2) is 24.3 Å². The predicted molar refractivity (Wildman–Crippen MR) is 62.5 cm³/mol. The number of nitrogens with one attached hydrogen (secondary N) is 1. The molecule has 1 aromatic rings. The van der Waals surface area contributed by atoms with Gasteiger partial charge in [-0.25, -0.2) is 17.9 Å². The van der Waals surface area contributed by atoms with Gasteiger partial charge in [-0.3, -0.25) is 0 Å². The molecular weight excluding hydrogens is 242 g/mol. The summed E-state index contributed by atoms with van der Waals surface area (Å²) in [5.41, 5.74) is 1.21. The Hall–Kier alpha value is -1.40. The zero-order valence-corrected chi connectivity index (χ0v) is 9.90. The largest absolute Gasteiger partial charge is 0.478 e. The summed E-state index contributed by atoms with van der Waals surface area (Å²) in [6.45, 7) is 0.384. The van der Waals surface area contributed by atoms with Crippen molar-refractivity contribution in [2.45, 2.75) is 12.3 Å². The van der Waals surface area contributed by atoms with Crippen molar-refractivity contribution in [2.75, 3.05) is 12.3 Å². The molecule has 17 heavy (non-hydrogen) atoms. The standard InChI is InChI=1S/C11H13NO4S/c13-11(14)9-3-1-8(2-4-9)10-5-6-17(15,16)12-7-10/h1-4,10,12H,5-7H2,(H,13,14). The van der Waals surface area contributed by atoms with Crippen molar-refractivity contribution in [3.05, 3.63) is 35.4 Å². The summed E-state index contributed by atoms with van der Waals surface area (Å²) in [4.78, 5) is 10.7. The second-order valence-electron chi connectivity index (χ2n) is 4.08. The number of carbonyl (C=O) groups is 1. The third-order valence-corrected chi connectivity index (χ3v) is 4.29. The molecule has 0 spiro atoms. The maximum atomic E-state index is 11.2. The Morgan fingerprint density at radius 2 is 1.94 bits per heavy atom. The Morgan fingerprint density at radius 1 is 1.29 bits per heavy atom. The first kappa shape index (κ1) is 12.1. The van der Waals surface area contributed by atoms with Crippen LogP contribution in [-0.2, 0) is 10.0 Å². The van der Waals surface area contributed by atoms with E-state index in [0.717, 1.165) is 5.56 Å². The van der Waals surface area contributed by atoms with Crippen molar-refractivity contribution in [1.29, 1.82) is 0 Å². The Balaban J connectivity index is 2.11. The molecule has 1 aromatic carbocycles. The smallest absolute Gasteiger partial charge is 0.335 e. The molecule has 5 nitrogen and oxygen atoms in total. The van der Waals surface area contributed by atoms with Crippen molar-refractivity contribution >= 4 is 16.0 Å². The normalized spacial score (nSPS) is 23.2. The van der Waals surface area contributed by atoms with E-state index in [2.05, 4.69) is 4.72 Å². The topological polar surface area (TPSA) is 83.5 Å². The number of hydrogen-bond acceptors (Lipinski definition) is 3. The lowest BCUT2D eigenvalue weighted by molar-refractivity contribution is 0.0697. The van der Waals surface area contributed by atoms with Crippen LogP contribution in [0.4, 0.5) is 0 Å². The van der Waals surface area contributed by atoms with Gasteiger partial charge in [0.2, 0.25) is 10.0 Å². The maximum absolute atomic E-state index is 11.2. The summed E-state index contributed by atoms with van der Waals surface area (Å²) in [5, 5.41) is 8.76. The minimum Gasteiger partial charge on any atom is -0.478 e. The first-order chi connectivity index (χ1) is 7.98. The van der Waals surface area contributed by atoms with E-state index in [1.807, 2.05) is 0 Å². The Kier molecular flexibility index (Phi) is 3.17. The van der Waals surface area contributed by atoms with E-state index in [1.54, 1.807) is 24.3 Å². The molecule has 2 N–H and O–H groups in total. The number of sulfonamides is 1. The van der Waals surface area contributed by atoms with Gasteiger partial charge in [0, 0.05) is 6.54 Å². The zero-order valence-electron chi connectivity index (χ0n) is 9.09. The summed E-state index contributed by atoms with van der Waals surface area (Å²) >= 11 is 0. The second-order valence-corrected chi connectivity index (χ2v) is 6.01. The number of hydrogen-bond donors (Lipinski definition) is 2. The van der Waals surface area contributed by atoms with Crippen molar-refractivity contribution in [1.82, 2.24) is 4.72 Å². The van der Waals surface area contributed by atoms with Crippen LogP contribution in [0.2, 0.25) is 0 Å². The van der Waals surface area contributed by atoms with Gasteiger partial charge in [0.25, 0.3) is 0 Å². The highest BCUT2D eigenvalue weighted by atomic mass is 32.2. The van der Waals surface area contributed by atoms with Gasteiger partial charge >= 0.3 is 5.97 Å². The average Bonchev–Trinajstić information content (AvgIpc) is 2.29. The van der Waals surface area contributed by atoms with Gasteiger partial charge in [-0.1, -0.05) is 12.1 Å². The summed E-state index contributed by atoms with van der Waals surface area (Å²) in [6, 6.07) is 6.57. The highest BCUT2D eigenvalue weighted by molar-refractivity contribution is 7.89. The molecule has 0 saturated carbocycles. The Morgan fingerprint density at radius 3 is 2.41 bits per heavy atom. The molecular formula is C11H13NO4S. The van der Waals surface area contributed by atoms with Crippen LogP contribution in [-0.4, -0.2) is 31.8 Å². The number of rotatable bonds is 2. The van der Waals surface area contributed by atoms with E-state index in [-0.39, 0.29) is 17.2 Å². The number of aromatic carboxylic acids is 1. The summed E-state index contributed by atoms with van der Waals surface area (Å²) in [7, 11) is -3.09. The molecule has 1 heterocycles. The van der Waals surface area contributed by atoms with Crippen LogP contribution in [0, 0.1) is 0 Å². The third-order valence-electron chi connectivity index (χ3n) is 2.91. The van der Waals surface area contributed by atoms with Crippen LogP contribution < -0.4 is 4.72 Å². The van der Waals surface area contributed by atoms with Gasteiger partial charge < -0.3 is 5.11 Å². The highest BCUT2D eigenvalue weighted by Gasteiger charge is 2.23. The fraction of sp³-hybridized carbons (Fsp3) is 0.364. The van der Waals surface area contributed by atoms with Crippen LogP contribution in [0.25, 0.3) is 0 Å². The number of benzene rings is 1. The quantitative estimate of drug-likeness (QED) is 0.818. The third kappa shape index (κ3) is 2.83. The first-order valence-corrected chi connectivity index (χ1v) is 6.94. The van der Waals surface area contributed by atoms with E-state index in [9.17, 15) is 13.2 Å². The Bertz CT molecular complexity index is 507. The molecule has 2 rings (SSSR count). The minimum atomic E-state index is -3.09. The predicted octanol–water partition coefficient (Wildman–Crippen LogP) is 0.791. The molecule has 0 amide bonds. The summed E-state index contributed by atoms with van der Waals surface area (Å²) < 4.78 is 24.9. The Labute approximate surface area is 99.5 Å². The minimum absolute atomic E-state index is 0.123. The lowest BCUT2D eigenvalue weighted by Crippen LogP contribution is -2.36. The molecule has 0 radical (unpaired) electrons. The van der Waals surface area contributed by atoms with Crippen LogP contribution in [0.5, 0.6) is 0 Å². The van der Waals surface area contributed by atoms with E-state index < -0.39 is 16.0 Å². The molecule has 0 aliphatic carbocycles. The molecule has 1 aliphatic rings. The fourth-order valence-corrected chi connectivity index (χ4v) is 3.08. The van der Waals surface area contributed by atoms with E-state index in [0.29, 0.717) is 13.0 Å². The molecule has 1 saturated heterocycles. The van der Waals surface area contributed by atoms with Gasteiger partial charge in [0.05, 0.1) is 11.3 Å². The van der Waals surface area contributed by atoms with E-state index in [1.165, 1.54) is 0 Å². The van der Waals surface area contributed by atoms with Gasteiger partial charge in [-0.15, -0.1) is 0 Å². The molecule has 1 aliphatic heterocycles. The number of carboxylic acids is 1. The zero-order chi connectivity index (χ0) is 12.5. The average molecular weight is 255 g/mol. The monoisotopic (exact) mass is 255 g/mol. The molecule has 0 bridgehead atoms. The lowest BCUT2D eigenvalue weighted by atomic mass is 9.95. The molecule has 1 unspecified atom stereocenters. The second kappa shape index (κ2) is 4.46. The molecule has 92 valence electrons. The molecule has 0 aromatic heterocycles. The van der Waals surface area contributed by atoms with Gasteiger partial charge in [-0.2, -0.15) is 0 Å². The summed E-state index contributed by atoms with van der Waals surface area (Å²) in [6.07, 6.45) is 0.571. The van der Waals surface area contributed by atoms with Crippen molar-refractivity contribution < 1.29 is 18.3 Å². The molecule has 1 fully saturated rings. The van der Waals surface area contributed by atoms with Crippen molar-refractivity contribution in [3.63, 3.8) is 0 Å². The summed E-state index contributed by atoms with van der Waals surface area (Å²) in [5.74, 6) is -0.708. The fourth-order valence-electron chi connectivity index (χ4n) is 1.88. The van der Waals surface area contributed by atoms with Gasteiger partial charge in [0.15, 0.2) is 0 Å². The lowest BCUT2D eigenvalue weighted by Gasteiger charge is -2.23. The van der Waals surface area contributed by atoms with Crippen molar-refractivity contribution in [3.8, 4) is 0 Å². The van der Waals surface area contributed by atoms with E-state index in [4.69, 9.17) is 5.11 Å². The van der Waals surface area contributed by atoms with Crippen LogP contribution in [0.3, 0.4) is 0 Å². The van der Waals surface area contributed by atoms with Crippen LogP contribution in [0.1, 0.15) is 28.3 Å². The first-order valence-electron chi connectivity index (χ1n) is 5.28. The van der Waals surface area contributed by atoms with Crippen molar-refractivity contribution in [2.24, 2.45) is 0 Å². The van der Waals surface area contributed by atoms with E-state index >= 15 is 0 Å². The van der Waals surface area contributed by atoms with Gasteiger partial charge in [0.1, 0.15) is 0 Å². The molecule has 1 atom stereocenters. The van der Waals surface area contributed by atoms with Crippen LogP contribution >= 0.6 is 0 Å². The number of carboxylic acid groups (broad SMARTS) is 1. The molecule has 6 heteroatoms. The SMILES string of the molecule is O=C(O)c1ccc(C2CCS(=O)(=O)NC2)cc1. The highest BCUT2D eigenvalue weighted by Crippen LogP contribution is 2.23.